The molecule has 0 saturated heterocycles. The van der Waals surface area contributed by atoms with E-state index in [1.807, 2.05) is 13.0 Å². The number of hydrogen-bond acceptors (Lipinski definition) is 4. The minimum Gasteiger partial charge on any atom is -0.480 e. The third-order valence-corrected chi connectivity index (χ3v) is 3.42. The van der Waals surface area contributed by atoms with Gasteiger partial charge in [-0.3, -0.25) is 14.3 Å². The van der Waals surface area contributed by atoms with E-state index in [-0.39, 0.29) is 19.0 Å². The zero-order valence-corrected chi connectivity index (χ0v) is 13.3. The Bertz CT molecular complexity index is 755. The van der Waals surface area contributed by atoms with Gasteiger partial charge < -0.3 is 14.8 Å². The van der Waals surface area contributed by atoms with Crippen LogP contribution in [0.2, 0.25) is 0 Å². The third kappa shape index (κ3) is 4.32. The van der Waals surface area contributed by atoms with Crippen LogP contribution in [0.1, 0.15) is 28.5 Å². The number of aliphatic carboxylic acids is 1. The van der Waals surface area contributed by atoms with Gasteiger partial charge in [-0.15, -0.1) is 0 Å². The van der Waals surface area contributed by atoms with Gasteiger partial charge in [-0.05, 0) is 39.0 Å². The van der Waals surface area contributed by atoms with Crippen molar-refractivity contribution >= 4 is 18.0 Å². The maximum atomic E-state index is 11.8. The molecule has 23 heavy (non-hydrogen) atoms. The van der Waals surface area contributed by atoms with Crippen LogP contribution in [-0.2, 0) is 22.7 Å². The molecule has 0 unspecified atom stereocenters. The summed E-state index contributed by atoms with van der Waals surface area (Å²) in [5, 5.41) is 15.8. The predicted octanol–water partition coefficient (Wildman–Crippen LogP) is 1.82. The van der Waals surface area contributed by atoms with Crippen LogP contribution in [0.5, 0.6) is 0 Å². The molecule has 0 fully saturated rings. The molecule has 0 aliphatic heterocycles. The smallest absolute Gasteiger partial charge is 0.325 e. The first-order chi connectivity index (χ1) is 10.9. The summed E-state index contributed by atoms with van der Waals surface area (Å²) in [7, 11) is 0. The number of carboxylic acids is 1. The molecule has 2 rings (SSSR count). The molecule has 0 saturated carbocycles. The predicted molar refractivity (Wildman–Crippen MR) is 83.7 cm³/mol. The summed E-state index contributed by atoms with van der Waals surface area (Å²) in [6, 6.07) is 3.60. The van der Waals surface area contributed by atoms with Crippen LogP contribution < -0.4 is 5.32 Å². The van der Waals surface area contributed by atoms with Crippen LogP contribution in [0.25, 0.3) is 6.08 Å². The lowest BCUT2D eigenvalue weighted by Crippen LogP contribution is -2.21. The van der Waals surface area contributed by atoms with E-state index in [1.54, 1.807) is 26.0 Å². The highest BCUT2D eigenvalue weighted by atomic mass is 16.4. The van der Waals surface area contributed by atoms with Crippen molar-refractivity contribution in [2.75, 3.05) is 0 Å². The van der Waals surface area contributed by atoms with Crippen molar-refractivity contribution in [3.63, 3.8) is 0 Å². The number of furan rings is 1. The zero-order valence-electron chi connectivity index (χ0n) is 13.3. The second-order valence-corrected chi connectivity index (χ2v) is 5.20. The quantitative estimate of drug-likeness (QED) is 0.792. The highest BCUT2D eigenvalue weighted by Gasteiger charge is 2.13. The molecule has 2 N–H and O–H groups in total. The minimum absolute atomic E-state index is 0.196. The van der Waals surface area contributed by atoms with E-state index in [1.165, 1.54) is 10.8 Å². The monoisotopic (exact) mass is 317 g/mol. The molecule has 7 heteroatoms. The van der Waals surface area contributed by atoms with E-state index in [0.29, 0.717) is 11.5 Å². The second kappa shape index (κ2) is 6.95. The summed E-state index contributed by atoms with van der Waals surface area (Å²) >= 11 is 0. The molecule has 7 nitrogen and oxygen atoms in total. The first-order valence-corrected chi connectivity index (χ1v) is 7.14. The van der Waals surface area contributed by atoms with Gasteiger partial charge in [-0.2, -0.15) is 5.10 Å². The zero-order chi connectivity index (χ0) is 17.0. The van der Waals surface area contributed by atoms with Crippen molar-refractivity contribution in [3.8, 4) is 0 Å². The highest BCUT2D eigenvalue weighted by molar-refractivity contribution is 5.91. The highest BCUT2D eigenvalue weighted by Crippen LogP contribution is 2.13. The summed E-state index contributed by atoms with van der Waals surface area (Å²) in [6.45, 7) is 5.49. The maximum absolute atomic E-state index is 11.8. The Morgan fingerprint density at radius 2 is 2.09 bits per heavy atom. The number of rotatable bonds is 6. The van der Waals surface area contributed by atoms with Gasteiger partial charge in [0.15, 0.2) is 0 Å². The lowest BCUT2D eigenvalue weighted by molar-refractivity contribution is -0.138. The Kier molecular flexibility index (Phi) is 5.00. The van der Waals surface area contributed by atoms with Gasteiger partial charge in [0.05, 0.1) is 5.69 Å². The Labute approximate surface area is 133 Å². The normalized spacial score (nSPS) is 11.1. The van der Waals surface area contributed by atoms with E-state index >= 15 is 0 Å². The number of nitrogens with zero attached hydrogens (tertiary/aromatic N) is 2. The van der Waals surface area contributed by atoms with Gasteiger partial charge in [0.2, 0.25) is 5.91 Å². The van der Waals surface area contributed by atoms with Crippen molar-refractivity contribution in [2.45, 2.75) is 33.9 Å². The van der Waals surface area contributed by atoms with E-state index in [2.05, 4.69) is 10.4 Å². The Morgan fingerprint density at radius 3 is 2.70 bits per heavy atom. The van der Waals surface area contributed by atoms with Crippen molar-refractivity contribution < 1.29 is 19.1 Å². The fourth-order valence-electron chi connectivity index (χ4n) is 2.21. The van der Waals surface area contributed by atoms with Crippen molar-refractivity contribution in [1.29, 1.82) is 0 Å². The van der Waals surface area contributed by atoms with E-state index in [0.717, 1.165) is 17.0 Å². The molecule has 0 aliphatic carbocycles. The Morgan fingerprint density at radius 1 is 1.35 bits per heavy atom. The van der Waals surface area contributed by atoms with Crippen LogP contribution in [0, 0.1) is 20.8 Å². The van der Waals surface area contributed by atoms with Gasteiger partial charge >= 0.3 is 5.97 Å². The summed E-state index contributed by atoms with van der Waals surface area (Å²) in [6.07, 6.45) is 2.99. The van der Waals surface area contributed by atoms with Gasteiger partial charge in [0.25, 0.3) is 0 Å². The number of amides is 1. The van der Waals surface area contributed by atoms with Gasteiger partial charge in [-0.1, -0.05) is 0 Å². The summed E-state index contributed by atoms with van der Waals surface area (Å²) in [5.74, 6) is 0.174. The SMILES string of the molecule is Cc1ccc(/C=C/C(=O)NCc2c(C)nn(CC(=O)O)c2C)o1. The van der Waals surface area contributed by atoms with Crippen molar-refractivity contribution in [3.05, 3.63) is 46.7 Å². The number of nitrogens with one attached hydrogen (secondary N) is 1. The first-order valence-electron chi connectivity index (χ1n) is 7.14. The third-order valence-electron chi connectivity index (χ3n) is 3.42. The van der Waals surface area contributed by atoms with Crippen LogP contribution >= 0.6 is 0 Å². The second-order valence-electron chi connectivity index (χ2n) is 5.20. The minimum atomic E-state index is -0.956. The average Bonchev–Trinajstić information content (AvgIpc) is 2.99. The largest absolute Gasteiger partial charge is 0.480 e. The molecular formula is C16H19N3O4. The van der Waals surface area contributed by atoms with E-state index in [4.69, 9.17) is 9.52 Å². The first kappa shape index (κ1) is 16.5. The standard InChI is InChI=1S/C16H19N3O4/c1-10-4-5-13(23-10)6-7-15(20)17-8-14-11(2)18-19(12(14)3)9-16(21)22/h4-7H,8-9H2,1-3H3,(H,17,20)(H,21,22)/b7-6+. The number of carbonyl (C=O) groups excluding carboxylic acids is 1. The van der Waals surface area contributed by atoms with Crippen LogP contribution in [0.4, 0.5) is 0 Å². The Balaban J connectivity index is 1.97. The van der Waals surface area contributed by atoms with E-state index < -0.39 is 5.97 Å². The average molecular weight is 317 g/mol. The summed E-state index contributed by atoms with van der Waals surface area (Å²) < 4.78 is 6.76. The number of carboxylic acid groups (broad SMARTS) is 1. The molecule has 2 heterocycles. The molecule has 0 aliphatic rings. The molecule has 0 spiro atoms. The van der Waals surface area contributed by atoms with Crippen LogP contribution in [0.3, 0.4) is 0 Å². The molecule has 122 valence electrons. The fraction of sp³-hybridized carbons (Fsp3) is 0.312. The number of aryl methyl sites for hydroxylation is 2. The topological polar surface area (TPSA) is 97.4 Å². The number of carbonyl (C=O) groups is 2. The van der Waals surface area contributed by atoms with Crippen LogP contribution in [-0.4, -0.2) is 26.8 Å². The van der Waals surface area contributed by atoms with Crippen molar-refractivity contribution in [1.82, 2.24) is 15.1 Å². The van der Waals surface area contributed by atoms with Crippen molar-refractivity contribution in [2.24, 2.45) is 0 Å². The fourth-order valence-corrected chi connectivity index (χ4v) is 2.21. The lowest BCUT2D eigenvalue weighted by atomic mass is 10.2. The molecule has 1 amide bonds. The number of aromatic nitrogens is 2. The maximum Gasteiger partial charge on any atom is 0.325 e. The summed E-state index contributed by atoms with van der Waals surface area (Å²) in [5.41, 5.74) is 2.26. The molecule has 0 aromatic carbocycles. The molecule has 0 atom stereocenters. The van der Waals surface area contributed by atoms with Gasteiger partial charge in [0, 0.05) is 23.9 Å². The molecule has 2 aromatic rings. The van der Waals surface area contributed by atoms with Gasteiger partial charge in [-0.25, -0.2) is 0 Å². The summed E-state index contributed by atoms with van der Waals surface area (Å²) in [4.78, 5) is 22.6. The molecule has 0 radical (unpaired) electrons. The lowest BCUT2D eigenvalue weighted by Gasteiger charge is -2.04. The van der Waals surface area contributed by atoms with Gasteiger partial charge in [0.1, 0.15) is 18.1 Å². The number of hydrogen-bond donors (Lipinski definition) is 2. The molecule has 2 aromatic heterocycles. The molecule has 0 bridgehead atoms. The van der Waals surface area contributed by atoms with Crippen LogP contribution in [0.15, 0.2) is 22.6 Å². The Hall–Kier alpha value is -2.83. The molecular weight excluding hydrogens is 298 g/mol. The van der Waals surface area contributed by atoms with E-state index in [9.17, 15) is 9.59 Å².